The van der Waals surface area contributed by atoms with Gasteiger partial charge in [-0.3, -0.25) is 0 Å². The van der Waals surface area contributed by atoms with Gasteiger partial charge in [-0.05, 0) is 29.7 Å². The molecule has 33 heavy (non-hydrogen) atoms. The van der Waals surface area contributed by atoms with E-state index in [9.17, 15) is 56.2 Å². The van der Waals surface area contributed by atoms with Gasteiger partial charge in [-0.15, -0.1) is 0 Å². The molecule has 0 aliphatic heterocycles. The minimum absolute atomic E-state index is 0. The third-order valence-corrected chi connectivity index (χ3v) is 2.64. The zero-order valence-corrected chi connectivity index (χ0v) is 20.2. The Morgan fingerprint density at radius 3 is 1.42 bits per heavy atom. The van der Waals surface area contributed by atoms with Crippen LogP contribution in [0.1, 0.15) is 19.5 Å². The smallest absolute Gasteiger partial charge is 1.00 e. The molecule has 0 aliphatic rings. The molecule has 0 aromatic heterocycles. The van der Waals surface area contributed by atoms with Gasteiger partial charge in [0.15, 0.2) is 11.6 Å². The second-order valence-corrected chi connectivity index (χ2v) is 5.38. The third kappa shape index (κ3) is 35.9. The maximum absolute atomic E-state index is 13.5. The van der Waals surface area contributed by atoms with Crippen LogP contribution in [-0.4, -0.2) is 21.8 Å². The zero-order chi connectivity index (χ0) is 25.6. The maximum atomic E-state index is 13.5. The van der Waals surface area contributed by atoms with Crippen molar-refractivity contribution in [3.05, 3.63) is 65.5 Å². The van der Waals surface area contributed by atoms with Crippen molar-refractivity contribution >= 4 is 21.8 Å². The number of halogens is 13. The van der Waals surface area contributed by atoms with Gasteiger partial charge in [-0.25, -0.2) is 4.39 Å². The molecule has 0 saturated carbocycles. The minimum Gasteiger partial charge on any atom is -1.00 e. The van der Waals surface area contributed by atoms with E-state index in [2.05, 4.69) is 0 Å². The Hall–Kier alpha value is -0.839. The van der Waals surface area contributed by atoms with Crippen LogP contribution >= 0.6 is 0 Å². The fourth-order valence-electron chi connectivity index (χ4n) is 1.61. The first-order chi connectivity index (χ1) is 14.3. The molecule has 186 valence electrons. The molecule has 0 saturated heterocycles. The van der Waals surface area contributed by atoms with Crippen molar-refractivity contribution < 1.29 is 114 Å². The van der Waals surface area contributed by atoms with E-state index in [-0.39, 0.29) is 58.6 Å². The molecule has 0 N–H and O–H groups in total. The summed E-state index contributed by atoms with van der Waals surface area (Å²) in [5.74, 6) is 0.0198. The van der Waals surface area contributed by atoms with E-state index in [1.54, 1.807) is 12.1 Å². The molecule has 0 amide bonds. The molecule has 0 bridgehead atoms. The summed E-state index contributed by atoms with van der Waals surface area (Å²) in [4.78, 5) is 0. The van der Waals surface area contributed by atoms with Crippen molar-refractivity contribution in [2.75, 3.05) is 0 Å². The molecule has 2 rings (SSSR count). The Balaban J connectivity index is -0.000000221. The van der Waals surface area contributed by atoms with E-state index in [0.29, 0.717) is 12.4 Å². The SMILES string of the molecule is CCc1ccc(F)c(OCc2ccccc2)c1.F[B-](F)(F)F.F[B-](F)(F)F.F[B-](F)(F)F.[H-].[K+]. The second-order valence-electron chi connectivity index (χ2n) is 5.38. The predicted octanol–water partition coefficient (Wildman–Crippen LogP) is 4.98. The Morgan fingerprint density at radius 1 is 0.667 bits per heavy atom. The van der Waals surface area contributed by atoms with Crippen molar-refractivity contribution in [2.45, 2.75) is 20.0 Å². The molecule has 0 aliphatic carbocycles. The summed E-state index contributed by atoms with van der Waals surface area (Å²) in [5, 5.41) is 0. The monoisotopic (exact) mass is 531 g/mol. The quantitative estimate of drug-likeness (QED) is 0.400. The number of aryl methyl sites for hydroxylation is 1. The molecule has 2 aromatic rings. The number of ether oxygens (including phenoxy) is 1. The maximum Gasteiger partial charge on any atom is 1.00 e. The van der Waals surface area contributed by atoms with Crippen molar-refractivity contribution in [1.29, 1.82) is 0 Å². The fourth-order valence-corrected chi connectivity index (χ4v) is 1.61. The van der Waals surface area contributed by atoms with Gasteiger partial charge in [0.2, 0.25) is 0 Å². The van der Waals surface area contributed by atoms with Gasteiger partial charge >= 0.3 is 73.1 Å². The molecule has 0 atom stereocenters. The average Bonchev–Trinajstić information content (AvgIpc) is 2.58. The molecule has 18 heteroatoms. The average molecular weight is 531 g/mol. The van der Waals surface area contributed by atoms with Crippen molar-refractivity contribution in [2.24, 2.45) is 0 Å². The molecular formula is C15H16B3F13KO-3. The van der Waals surface area contributed by atoms with Gasteiger partial charge in [-0.2, -0.15) is 0 Å². The molecule has 1 nitrogen and oxygen atoms in total. The Bertz CT molecular complexity index is 715. The number of hydrogen-bond acceptors (Lipinski definition) is 1. The minimum atomic E-state index is -6.00. The molecule has 0 heterocycles. The number of rotatable bonds is 4. The molecule has 0 spiro atoms. The van der Waals surface area contributed by atoms with E-state index < -0.39 is 21.8 Å². The van der Waals surface area contributed by atoms with Crippen molar-refractivity contribution in [3.63, 3.8) is 0 Å². The number of benzene rings is 2. The van der Waals surface area contributed by atoms with Crippen LogP contribution in [0.15, 0.2) is 48.5 Å². The van der Waals surface area contributed by atoms with E-state index in [4.69, 9.17) is 4.74 Å². The van der Waals surface area contributed by atoms with Crippen molar-refractivity contribution in [3.8, 4) is 5.75 Å². The summed E-state index contributed by atoms with van der Waals surface area (Å²) < 4.78 is 136. The second kappa shape index (κ2) is 17.6. The first-order valence-corrected chi connectivity index (χ1v) is 8.36. The standard InChI is InChI=1S/C15H15FO.3BF4.K.H/c1-2-12-8-9-14(16)15(10-12)17-11-13-6-4-3-5-7-13;3*2-1(3,4)5;;/h3-10H,2,11H2,1H3;;;;;/q;3*-1;+1;-1. The summed E-state index contributed by atoms with van der Waals surface area (Å²) in [5.41, 5.74) is 2.11. The van der Waals surface area contributed by atoms with Crippen LogP contribution in [0, 0.1) is 5.82 Å². The Labute approximate surface area is 225 Å². The van der Waals surface area contributed by atoms with Gasteiger partial charge in [0.25, 0.3) is 0 Å². The number of hydrogen-bond donors (Lipinski definition) is 0. The largest absolute Gasteiger partial charge is 1.00 e. The molecular weight excluding hydrogens is 515 g/mol. The molecule has 0 fully saturated rings. The summed E-state index contributed by atoms with van der Waals surface area (Å²) in [6, 6.07) is 14.8. The fraction of sp³-hybridized carbons (Fsp3) is 0.200. The van der Waals surface area contributed by atoms with Crippen molar-refractivity contribution in [1.82, 2.24) is 0 Å². The van der Waals surface area contributed by atoms with Gasteiger partial charge in [0.05, 0.1) is 0 Å². The summed E-state index contributed by atoms with van der Waals surface area (Å²) in [7, 11) is -18.0. The first kappa shape index (κ1) is 36.7. The predicted molar refractivity (Wildman–Crippen MR) is 98.2 cm³/mol. The van der Waals surface area contributed by atoms with Crippen LogP contribution in [0.2, 0.25) is 0 Å². The summed E-state index contributed by atoms with van der Waals surface area (Å²) in [6.07, 6.45) is 0.877. The van der Waals surface area contributed by atoms with Gasteiger partial charge in [0, 0.05) is 0 Å². The zero-order valence-electron chi connectivity index (χ0n) is 18.1. The van der Waals surface area contributed by atoms with Crippen LogP contribution < -0.4 is 56.1 Å². The molecule has 0 unspecified atom stereocenters. The van der Waals surface area contributed by atoms with Crippen LogP contribution in [0.3, 0.4) is 0 Å². The van der Waals surface area contributed by atoms with Gasteiger partial charge in [0.1, 0.15) is 6.61 Å². The van der Waals surface area contributed by atoms with E-state index >= 15 is 0 Å². The molecule has 2 aromatic carbocycles. The van der Waals surface area contributed by atoms with E-state index in [0.717, 1.165) is 17.5 Å². The van der Waals surface area contributed by atoms with E-state index in [1.165, 1.54) is 6.07 Å². The van der Waals surface area contributed by atoms with Crippen LogP contribution in [-0.2, 0) is 13.0 Å². The Kier molecular flexibility index (Phi) is 19.6. The summed E-state index contributed by atoms with van der Waals surface area (Å²) in [6.45, 7) is 2.43. The van der Waals surface area contributed by atoms with Crippen LogP contribution in [0.5, 0.6) is 5.75 Å². The van der Waals surface area contributed by atoms with E-state index in [1.807, 2.05) is 37.3 Å². The normalized spacial score (nSPS) is 10.7. The van der Waals surface area contributed by atoms with Crippen LogP contribution in [0.25, 0.3) is 0 Å². The third-order valence-electron chi connectivity index (χ3n) is 2.64. The Morgan fingerprint density at radius 2 is 1.06 bits per heavy atom. The van der Waals surface area contributed by atoms with Crippen LogP contribution in [0.4, 0.5) is 56.2 Å². The first-order valence-electron chi connectivity index (χ1n) is 8.36. The summed E-state index contributed by atoms with van der Waals surface area (Å²) >= 11 is 0. The van der Waals surface area contributed by atoms with Gasteiger partial charge < -0.3 is 58.0 Å². The van der Waals surface area contributed by atoms with Gasteiger partial charge in [-0.1, -0.05) is 43.3 Å². The topological polar surface area (TPSA) is 9.23 Å². The molecule has 0 radical (unpaired) electrons.